The average Bonchev–Trinajstić information content (AvgIpc) is 2.73. The predicted octanol–water partition coefficient (Wildman–Crippen LogP) is 2.21. The molecule has 0 radical (unpaired) electrons. The predicted molar refractivity (Wildman–Crippen MR) is 81.7 cm³/mol. The van der Waals surface area contributed by atoms with E-state index in [9.17, 15) is 9.90 Å². The van der Waals surface area contributed by atoms with Crippen molar-refractivity contribution < 1.29 is 14.6 Å². The average molecular weight is 291 g/mol. The molecule has 1 aromatic carbocycles. The third-order valence-electron chi connectivity index (χ3n) is 4.21. The van der Waals surface area contributed by atoms with Gasteiger partial charge in [-0.2, -0.15) is 0 Å². The van der Waals surface area contributed by atoms with Gasteiger partial charge in [0.05, 0.1) is 12.2 Å². The third-order valence-corrected chi connectivity index (χ3v) is 4.21. The normalized spacial score (nSPS) is 25.3. The first kappa shape index (κ1) is 16.0. The summed E-state index contributed by atoms with van der Waals surface area (Å²) in [7, 11) is 0. The van der Waals surface area contributed by atoms with Crippen LogP contribution in [0.2, 0.25) is 0 Å². The van der Waals surface area contributed by atoms with Gasteiger partial charge in [0.25, 0.3) is 0 Å². The maximum absolute atomic E-state index is 12.1. The van der Waals surface area contributed by atoms with Gasteiger partial charge in [0, 0.05) is 32.0 Å². The Morgan fingerprint density at radius 1 is 1.43 bits per heavy atom. The van der Waals surface area contributed by atoms with Crippen molar-refractivity contribution in [2.24, 2.45) is 5.92 Å². The molecule has 1 aliphatic rings. The molecule has 1 heterocycles. The minimum atomic E-state index is -0.751. The van der Waals surface area contributed by atoms with Crippen molar-refractivity contribution in [1.82, 2.24) is 4.90 Å². The Kier molecular flexibility index (Phi) is 5.37. The first-order valence-electron chi connectivity index (χ1n) is 7.61. The van der Waals surface area contributed by atoms with Crippen molar-refractivity contribution in [1.29, 1.82) is 0 Å². The van der Waals surface area contributed by atoms with Crippen molar-refractivity contribution >= 4 is 5.91 Å². The number of benzene rings is 1. The van der Waals surface area contributed by atoms with E-state index in [4.69, 9.17) is 4.74 Å². The zero-order valence-corrected chi connectivity index (χ0v) is 12.9. The summed E-state index contributed by atoms with van der Waals surface area (Å²) < 4.78 is 5.57. The number of aliphatic hydroxyl groups is 1. The van der Waals surface area contributed by atoms with Crippen LogP contribution in [0.5, 0.6) is 0 Å². The molecule has 2 atom stereocenters. The molecule has 2 rings (SSSR count). The lowest BCUT2D eigenvalue weighted by Gasteiger charge is -2.20. The lowest BCUT2D eigenvalue weighted by atomic mass is 9.95. The number of hydrogen-bond donors (Lipinski definition) is 1. The molecule has 0 unspecified atom stereocenters. The number of carbonyl (C=O) groups excluding carboxylic acids is 1. The smallest absolute Gasteiger partial charge is 0.222 e. The highest BCUT2D eigenvalue weighted by molar-refractivity contribution is 5.76. The van der Waals surface area contributed by atoms with Gasteiger partial charge in [-0.25, -0.2) is 0 Å². The second-order valence-corrected chi connectivity index (χ2v) is 6.17. The van der Waals surface area contributed by atoms with Crippen LogP contribution in [0.3, 0.4) is 0 Å². The molecule has 0 aromatic heterocycles. The van der Waals surface area contributed by atoms with Crippen molar-refractivity contribution in [2.45, 2.75) is 38.9 Å². The number of β-amino-alcohol motifs (C(OH)–C–C–N with tert-alkyl or cyclic N) is 1. The van der Waals surface area contributed by atoms with Gasteiger partial charge in [-0.05, 0) is 18.9 Å². The maximum atomic E-state index is 12.1. The van der Waals surface area contributed by atoms with E-state index >= 15 is 0 Å². The van der Waals surface area contributed by atoms with Crippen LogP contribution >= 0.6 is 0 Å². The van der Waals surface area contributed by atoms with E-state index in [0.29, 0.717) is 32.7 Å². The van der Waals surface area contributed by atoms with E-state index in [1.165, 1.54) is 0 Å². The summed E-state index contributed by atoms with van der Waals surface area (Å²) in [4.78, 5) is 13.8. The molecule has 4 nitrogen and oxygen atoms in total. The summed E-state index contributed by atoms with van der Waals surface area (Å²) in [5.41, 5.74) is 0.396. The van der Waals surface area contributed by atoms with Gasteiger partial charge in [-0.15, -0.1) is 0 Å². The van der Waals surface area contributed by atoms with Crippen LogP contribution in [0.1, 0.15) is 32.3 Å². The number of amides is 1. The quantitative estimate of drug-likeness (QED) is 0.818. The third kappa shape index (κ3) is 4.55. The molecule has 21 heavy (non-hydrogen) atoms. The molecule has 1 saturated heterocycles. The Morgan fingerprint density at radius 2 is 2.14 bits per heavy atom. The van der Waals surface area contributed by atoms with Crippen LogP contribution in [0.25, 0.3) is 0 Å². The monoisotopic (exact) mass is 291 g/mol. The van der Waals surface area contributed by atoms with E-state index in [2.05, 4.69) is 0 Å². The molecule has 0 aliphatic carbocycles. The molecule has 1 aromatic rings. The molecule has 4 heteroatoms. The van der Waals surface area contributed by atoms with Gasteiger partial charge < -0.3 is 14.7 Å². The molecule has 1 fully saturated rings. The van der Waals surface area contributed by atoms with E-state index in [0.717, 1.165) is 12.0 Å². The molecule has 116 valence electrons. The summed E-state index contributed by atoms with van der Waals surface area (Å²) >= 11 is 0. The fourth-order valence-corrected chi connectivity index (χ4v) is 2.57. The Balaban J connectivity index is 1.62. The molecule has 1 amide bonds. The van der Waals surface area contributed by atoms with Gasteiger partial charge in [0.2, 0.25) is 5.91 Å². The Hall–Kier alpha value is -1.39. The lowest BCUT2D eigenvalue weighted by molar-refractivity contribution is -0.131. The van der Waals surface area contributed by atoms with Crippen LogP contribution in [-0.2, 0) is 16.1 Å². The van der Waals surface area contributed by atoms with E-state index in [1.54, 1.807) is 11.8 Å². The van der Waals surface area contributed by atoms with Crippen LogP contribution < -0.4 is 0 Å². The fraction of sp³-hybridized carbons (Fsp3) is 0.588. The second-order valence-electron chi connectivity index (χ2n) is 6.17. The zero-order valence-electron chi connectivity index (χ0n) is 12.9. The molecule has 1 N–H and O–H groups in total. The topological polar surface area (TPSA) is 49.8 Å². The molecule has 0 spiro atoms. The summed E-state index contributed by atoms with van der Waals surface area (Å²) in [6.07, 6.45) is 1.20. The minimum absolute atomic E-state index is 0.114. The number of rotatable bonds is 6. The SMILES string of the molecule is C[C@H]1CN(C(=O)CCCOCc2ccccc2)C[C@@]1(C)O. The highest BCUT2D eigenvalue weighted by Gasteiger charge is 2.40. The van der Waals surface area contributed by atoms with Crippen molar-refractivity contribution in [2.75, 3.05) is 19.7 Å². The van der Waals surface area contributed by atoms with Gasteiger partial charge in [0.1, 0.15) is 0 Å². The number of hydrogen-bond acceptors (Lipinski definition) is 3. The first-order valence-corrected chi connectivity index (χ1v) is 7.61. The zero-order chi connectivity index (χ0) is 15.3. The van der Waals surface area contributed by atoms with Crippen LogP contribution in [0.4, 0.5) is 0 Å². The fourth-order valence-electron chi connectivity index (χ4n) is 2.57. The lowest BCUT2D eigenvalue weighted by Crippen LogP contribution is -2.35. The molecule has 1 aliphatic heterocycles. The van der Waals surface area contributed by atoms with Gasteiger partial charge in [-0.1, -0.05) is 37.3 Å². The van der Waals surface area contributed by atoms with Crippen molar-refractivity contribution in [3.63, 3.8) is 0 Å². The van der Waals surface area contributed by atoms with Crippen LogP contribution in [0, 0.1) is 5.92 Å². The van der Waals surface area contributed by atoms with Crippen LogP contribution in [-0.4, -0.2) is 41.2 Å². The Morgan fingerprint density at radius 3 is 2.76 bits per heavy atom. The van der Waals surface area contributed by atoms with Gasteiger partial charge in [0.15, 0.2) is 0 Å². The Bertz CT molecular complexity index is 458. The standard InChI is InChI=1S/C17H25NO3/c1-14-11-18(13-17(14,2)20)16(19)9-6-10-21-12-15-7-4-3-5-8-15/h3-5,7-8,14,20H,6,9-13H2,1-2H3/t14-,17+/m0/s1. The second kappa shape index (κ2) is 7.05. The molecular formula is C17H25NO3. The summed E-state index contributed by atoms with van der Waals surface area (Å²) in [5, 5.41) is 10.1. The molecule has 0 saturated carbocycles. The first-order chi connectivity index (χ1) is 9.99. The number of likely N-dealkylation sites (tertiary alicyclic amines) is 1. The van der Waals surface area contributed by atoms with Gasteiger partial charge >= 0.3 is 0 Å². The molecule has 0 bridgehead atoms. The maximum Gasteiger partial charge on any atom is 0.222 e. The largest absolute Gasteiger partial charge is 0.388 e. The molecular weight excluding hydrogens is 266 g/mol. The van der Waals surface area contributed by atoms with Gasteiger partial charge in [-0.3, -0.25) is 4.79 Å². The summed E-state index contributed by atoms with van der Waals surface area (Å²) in [6, 6.07) is 10.0. The summed E-state index contributed by atoms with van der Waals surface area (Å²) in [6.45, 7) is 6.05. The Labute approximate surface area is 126 Å². The highest BCUT2D eigenvalue weighted by atomic mass is 16.5. The van der Waals surface area contributed by atoms with E-state index in [-0.39, 0.29) is 11.8 Å². The number of nitrogens with zero attached hydrogens (tertiary/aromatic N) is 1. The minimum Gasteiger partial charge on any atom is -0.388 e. The van der Waals surface area contributed by atoms with E-state index < -0.39 is 5.60 Å². The van der Waals surface area contributed by atoms with Crippen LogP contribution in [0.15, 0.2) is 30.3 Å². The van der Waals surface area contributed by atoms with E-state index in [1.807, 2.05) is 37.3 Å². The number of carbonyl (C=O) groups is 1. The highest BCUT2D eigenvalue weighted by Crippen LogP contribution is 2.27. The summed E-state index contributed by atoms with van der Waals surface area (Å²) in [5.74, 6) is 0.249. The number of ether oxygens (including phenoxy) is 1. The van der Waals surface area contributed by atoms with Crippen molar-refractivity contribution in [3.05, 3.63) is 35.9 Å². The van der Waals surface area contributed by atoms with Crippen molar-refractivity contribution in [3.8, 4) is 0 Å².